The second-order valence-corrected chi connectivity index (χ2v) is 6.63. The van der Waals surface area contributed by atoms with Crippen molar-refractivity contribution in [3.63, 3.8) is 0 Å². The van der Waals surface area contributed by atoms with E-state index >= 15 is 0 Å². The van der Waals surface area contributed by atoms with Gasteiger partial charge in [-0.05, 0) is 11.6 Å². The molecule has 0 aliphatic rings. The van der Waals surface area contributed by atoms with Crippen molar-refractivity contribution in [2.75, 3.05) is 13.7 Å². The minimum absolute atomic E-state index is 0.214. The molecule has 144 valence electrons. The van der Waals surface area contributed by atoms with Gasteiger partial charge in [0.1, 0.15) is 5.69 Å². The normalized spacial score (nSPS) is 11.6. The van der Waals surface area contributed by atoms with Gasteiger partial charge in [-0.15, -0.1) is 0 Å². The zero-order valence-corrected chi connectivity index (χ0v) is 16.0. The van der Waals surface area contributed by atoms with Crippen molar-refractivity contribution in [1.82, 2.24) is 15.1 Å². The Balaban J connectivity index is 1.83. The highest BCUT2D eigenvalue weighted by Gasteiger charge is 2.24. The molecule has 0 radical (unpaired) electrons. The summed E-state index contributed by atoms with van der Waals surface area (Å²) in [6.07, 6.45) is 0. The number of hydrogen-bond donors (Lipinski definition) is 1. The maximum absolute atomic E-state index is 13.1. The van der Waals surface area contributed by atoms with E-state index in [1.807, 2.05) is 60.7 Å². The number of ether oxygens (including phenoxy) is 1. The summed E-state index contributed by atoms with van der Waals surface area (Å²) in [5.41, 5.74) is 2.99. The van der Waals surface area contributed by atoms with E-state index in [4.69, 9.17) is 4.74 Å². The highest BCUT2D eigenvalue weighted by Crippen LogP contribution is 2.19. The Morgan fingerprint density at radius 3 is 2.36 bits per heavy atom. The number of benzene rings is 2. The maximum atomic E-state index is 13.1. The lowest BCUT2D eigenvalue weighted by atomic mass is 10.1. The second-order valence-electron chi connectivity index (χ2n) is 6.63. The van der Waals surface area contributed by atoms with Crippen LogP contribution in [0.1, 0.15) is 23.0 Å². The summed E-state index contributed by atoms with van der Waals surface area (Å²) >= 11 is 0. The van der Waals surface area contributed by atoms with E-state index in [0.29, 0.717) is 17.9 Å². The number of esters is 1. The summed E-state index contributed by atoms with van der Waals surface area (Å²) in [4.78, 5) is 26.6. The van der Waals surface area contributed by atoms with Gasteiger partial charge in [0.05, 0.1) is 18.7 Å². The zero-order chi connectivity index (χ0) is 19.9. The van der Waals surface area contributed by atoms with E-state index in [1.165, 1.54) is 7.11 Å². The smallest absolute Gasteiger partial charge is 0.310 e. The Labute approximate surface area is 164 Å². The molecule has 0 aliphatic heterocycles. The maximum Gasteiger partial charge on any atom is 0.310 e. The number of nitrogens with zero attached hydrogens (tertiary/aromatic N) is 2. The summed E-state index contributed by atoms with van der Waals surface area (Å²) in [5, 5.41) is 7.09. The van der Waals surface area contributed by atoms with Gasteiger partial charge in [-0.3, -0.25) is 14.7 Å². The van der Waals surface area contributed by atoms with Gasteiger partial charge < -0.3 is 9.64 Å². The highest BCUT2D eigenvalue weighted by molar-refractivity contribution is 5.93. The first-order valence-electron chi connectivity index (χ1n) is 9.10. The lowest BCUT2D eigenvalue weighted by molar-refractivity contribution is -0.145. The van der Waals surface area contributed by atoms with E-state index in [0.717, 1.165) is 11.1 Å². The molecule has 1 N–H and O–H groups in total. The molecule has 0 fully saturated rings. The fourth-order valence-corrected chi connectivity index (χ4v) is 2.99. The standard InChI is InChI=1S/C22H23N3O3/c1-16(22(27)28-2)14-25(15-17-9-5-3-6-10-17)21(26)20-13-19(23-24-20)18-11-7-4-8-12-18/h3-13,16H,14-15H2,1-2H3,(H,23,24). The first-order chi connectivity index (χ1) is 13.6. The van der Waals surface area contributed by atoms with Gasteiger partial charge in [-0.1, -0.05) is 67.6 Å². The van der Waals surface area contributed by atoms with Crippen LogP contribution in [0.2, 0.25) is 0 Å². The van der Waals surface area contributed by atoms with Crippen LogP contribution in [0.5, 0.6) is 0 Å². The molecule has 0 bridgehead atoms. The molecule has 1 unspecified atom stereocenters. The molecule has 1 amide bonds. The Bertz CT molecular complexity index is 922. The summed E-state index contributed by atoms with van der Waals surface area (Å²) < 4.78 is 4.81. The van der Waals surface area contributed by atoms with Gasteiger partial charge in [0, 0.05) is 18.7 Å². The first-order valence-corrected chi connectivity index (χ1v) is 9.10. The molecular weight excluding hydrogens is 354 g/mol. The Hall–Kier alpha value is -3.41. The average Bonchev–Trinajstić information content (AvgIpc) is 3.23. The predicted octanol–water partition coefficient (Wildman–Crippen LogP) is 3.53. The number of H-pyrrole nitrogens is 1. The van der Waals surface area contributed by atoms with Crippen molar-refractivity contribution in [2.45, 2.75) is 13.5 Å². The number of aromatic amines is 1. The number of methoxy groups -OCH3 is 1. The van der Waals surface area contributed by atoms with Crippen LogP contribution in [0.4, 0.5) is 0 Å². The number of amides is 1. The third-order valence-corrected chi connectivity index (χ3v) is 4.48. The first kappa shape index (κ1) is 19.4. The van der Waals surface area contributed by atoms with Crippen LogP contribution in [-0.2, 0) is 16.1 Å². The zero-order valence-electron chi connectivity index (χ0n) is 16.0. The SMILES string of the molecule is COC(=O)C(C)CN(Cc1ccccc1)C(=O)c1cc(-c2ccccc2)n[nH]1. The molecule has 3 aromatic rings. The summed E-state index contributed by atoms with van der Waals surface area (Å²) in [5.74, 6) is -0.996. The molecular formula is C22H23N3O3. The molecule has 6 heteroatoms. The van der Waals surface area contributed by atoms with Crippen LogP contribution in [0.3, 0.4) is 0 Å². The van der Waals surface area contributed by atoms with Crippen molar-refractivity contribution in [3.8, 4) is 11.3 Å². The number of nitrogens with one attached hydrogen (secondary N) is 1. The molecule has 0 spiro atoms. The van der Waals surface area contributed by atoms with Crippen molar-refractivity contribution in [3.05, 3.63) is 78.0 Å². The van der Waals surface area contributed by atoms with E-state index in [-0.39, 0.29) is 18.4 Å². The average molecular weight is 377 g/mol. The topological polar surface area (TPSA) is 75.3 Å². The molecule has 2 aromatic carbocycles. The minimum Gasteiger partial charge on any atom is -0.469 e. The van der Waals surface area contributed by atoms with Crippen molar-refractivity contribution >= 4 is 11.9 Å². The Morgan fingerprint density at radius 1 is 1.07 bits per heavy atom. The third-order valence-electron chi connectivity index (χ3n) is 4.48. The minimum atomic E-state index is -0.436. The fraction of sp³-hybridized carbons (Fsp3) is 0.227. The largest absolute Gasteiger partial charge is 0.469 e. The quantitative estimate of drug-likeness (QED) is 0.639. The number of aromatic nitrogens is 2. The van der Waals surface area contributed by atoms with Gasteiger partial charge in [0.15, 0.2) is 0 Å². The Kier molecular flexibility index (Phi) is 6.22. The van der Waals surface area contributed by atoms with Gasteiger partial charge >= 0.3 is 5.97 Å². The van der Waals surface area contributed by atoms with Gasteiger partial charge in [0.25, 0.3) is 5.91 Å². The summed E-state index contributed by atoms with van der Waals surface area (Å²) in [6.45, 7) is 2.39. The molecule has 6 nitrogen and oxygen atoms in total. The number of carbonyl (C=O) groups is 2. The van der Waals surface area contributed by atoms with E-state index in [9.17, 15) is 9.59 Å². The van der Waals surface area contributed by atoms with Gasteiger partial charge in [-0.25, -0.2) is 0 Å². The fourth-order valence-electron chi connectivity index (χ4n) is 2.99. The lowest BCUT2D eigenvalue weighted by Gasteiger charge is -2.24. The molecule has 0 saturated heterocycles. The summed E-state index contributed by atoms with van der Waals surface area (Å²) in [6, 6.07) is 21.0. The monoisotopic (exact) mass is 377 g/mol. The molecule has 1 aromatic heterocycles. The molecule has 0 saturated carbocycles. The van der Waals surface area contributed by atoms with Gasteiger partial charge in [-0.2, -0.15) is 5.10 Å². The molecule has 1 atom stereocenters. The van der Waals surface area contributed by atoms with Crippen LogP contribution in [0.25, 0.3) is 11.3 Å². The van der Waals surface area contributed by atoms with Gasteiger partial charge in [0.2, 0.25) is 0 Å². The summed E-state index contributed by atoms with van der Waals surface area (Å²) in [7, 11) is 1.35. The molecule has 28 heavy (non-hydrogen) atoms. The van der Waals surface area contributed by atoms with Crippen LogP contribution < -0.4 is 0 Å². The van der Waals surface area contributed by atoms with Crippen molar-refractivity contribution < 1.29 is 14.3 Å². The second kappa shape index (κ2) is 8.99. The van der Waals surface area contributed by atoms with E-state index in [1.54, 1.807) is 17.9 Å². The van der Waals surface area contributed by atoms with Crippen LogP contribution in [-0.4, -0.2) is 40.6 Å². The van der Waals surface area contributed by atoms with Crippen LogP contribution >= 0.6 is 0 Å². The highest BCUT2D eigenvalue weighted by atomic mass is 16.5. The van der Waals surface area contributed by atoms with Crippen molar-refractivity contribution in [2.24, 2.45) is 5.92 Å². The number of rotatable bonds is 7. The van der Waals surface area contributed by atoms with Crippen molar-refractivity contribution in [1.29, 1.82) is 0 Å². The molecule has 1 heterocycles. The molecule has 3 rings (SSSR count). The lowest BCUT2D eigenvalue weighted by Crippen LogP contribution is -2.37. The molecule has 0 aliphatic carbocycles. The van der Waals surface area contributed by atoms with Crippen LogP contribution in [0.15, 0.2) is 66.7 Å². The number of hydrogen-bond acceptors (Lipinski definition) is 4. The van der Waals surface area contributed by atoms with Crippen LogP contribution in [0, 0.1) is 5.92 Å². The Morgan fingerprint density at radius 2 is 1.71 bits per heavy atom. The third kappa shape index (κ3) is 4.65. The predicted molar refractivity (Wildman–Crippen MR) is 106 cm³/mol. The number of carbonyl (C=O) groups excluding carboxylic acids is 2. The van der Waals surface area contributed by atoms with E-state index in [2.05, 4.69) is 10.2 Å². The van der Waals surface area contributed by atoms with E-state index < -0.39 is 5.92 Å².